The lowest BCUT2D eigenvalue weighted by Crippen LogP contribution is -2.22. The van der Waals surface area contributed by atoms with E-state index in [4.69, 9.17) is 9.47 Å². The van der Waals surface area contributed by atoms with Crippen LogP contribution in [0.25, 0.3) is 11.1 Å². The molecular weight excluding hydrogens is 390 g/mol. The molecule has 3 aromatic rings. The number of rotatable bonds is 9. The second-order valence-corrected chi connectivity index (χ2v) is 8.31. The van der Waals surface area contributed by atoms with Gasteiger partial charge in [0.05, 0.1) is 12.2 Å². The Balaban J connectivity index is 1.73. The molecule has 0 radical (unpaired) electrons. The Hall–Kier alpha value is -3.18. The molecule has 0 bridgehead atoms. The van der Waals surface area contributed by atoms with Crippen LogP contribution in [0.3, 0.4) is 0 Å². The zero-order chi connectivity index (χ0) is 22.4. The van der Waals surface area contributed by atoms with E-state index in [1.54, 1.807) is 38.1 Å². The van der Waals surface area contributed by atoms with Gasteiger partial charge < -0.3 is 14.6 Å². The molecule has 0 unspecified atom stereocenters. The van der Waals surface area contributed by atoms with Crippen molar-refractivity contribution in [3.8, 4) is 22.8 Å². The van der Waals surface area contributed by atoms with Crippen molar-refractivity contribution in [1.82, 2.24) is 4.98 Å². The van der Waals surface area contributed by atoms with Crippen LogP contribution in [0.4, 0.5) is 0 Å². The van der Waals surface area contributed by atoms with Gasteiger partial charge in [-0.15, -0.1) is 0 Å². The predicted octanol–water partition coefficient (Wildman–Crippen LogP) is 5.30. The monoisotopic (exact) mass is 419 g/mol. The summed E-state index contributed by atoms with van der Waals surface area (Å²) in [5, 5.41) is 9.82. The number of aromatic nitrogens is 1. The minimum Gasteiger partial charge on any atom is -0.489 e. The van der Waals surface area contributed by atoms with E-state index in [0.717, 1.165) is 39.9 Å². The molecule has 0 aliphatic heterocycles. The third kappa shape index (κ3) is 6.15. The molecule has 0 aliphatic carbocycles. The summed E-state index contributed by atoms with van der Waals surface area (Å²) in [6.45, 7) is 8.49. The van der Waals surface area contributed by atoms with Crippen LogP contribution in [0.5, 0.6) is 11.6 Å². The largest absolute Gasteiger partial charge is 0.489 e. The molecule has 0 amide bonds. The van der Waals surface area contributed by atoms with E-state index in [-0.39, 0.29) is 0 Å². The smallest absolute Gasteiger partial charge is 0.213 e. The fraction of sp³-hybridized carbons (Fsp3) is 0.308. The highest BCUT2D eigenvalue weighted by Gasteiger charge is 2.14. The SMILES string of the molecule is Cc1cc(OCCC(C)(C)O)ncc1-c1cccc(COc2ccc(C=O)cc2)c1C. The Labute approximate surface area is 183 Å². The van der Waals surface area contributed by atoms with Crippen LogP contribution in [-0.2, 0) is 6.61 Å². The first-order valence-electron chi connectivity index (χ1n) is 10.4. The number of carbonyl (C=O) groups is 1. The molecule has 0 saturated carbocycles. The number of aliphatic hydroxyl groups is 1. The van der Waals surface area contributed by atoms with Crippen LogP contribution in [0.1, 0.15) is 47.3 Å². The van der Waals surface area contributed by atoms with E-state index < -0.39 is 5.60 Å². The summed E-state index contributed by atoms with van der Waals surface area (Å²) in [6.07, 6.45) is 3.19. The Morgan fingerprint density at radius 1 is 1.03 bits per heavy atom. The number of hydrogen-bond acceptors (Lipinski definition) is 5. The minimum absolute atomic E-state index is 0.412. The highest BCUT2D eigenvalue weighted by Crippen LogP contribution is 2.30. The van der Waals surface area contributed by atoms with Crippen LogP contribution >= 0.6 is 0 Å². The molecular formula is C26H29NO4. The van der Waals surface area contributed by atoms with E-state index in [2.05, 4.69) is 24.0 Å². The average molecular weight is 420 g/mol. The van der Waals surface area contributed by atoms with E-state index >= 15 is 0 Å². The predicted molar refractivity (Wildman–Crippen MR) is 122 cm³/mol. The van der Waals surface area contributed by atoms with Gasteiger partial charge >= 0.3 is 0 Å². The number of aryl methyl sites for hydroxylation is 1. The second-order valence-electron chi connectivity index (χ2n) is 8.31. The molecule has 3 rings (SSSR count). The number of carbonyl (C=O) groups excluding carboxylic acids is 1. The molecule has 0 fully saturated rings. The van der Waals surface area contributed by atoms with Crippen LogP contribution < -0.4 is 9.47 Å². The number of ether oxygens (including phenoxy) is 2. The zero-order valence-electron chi connectivity index (χ0n) is 18.5. The number of nitrogens with zero attached hydrogens (tertiary/aromatic N) is 1. The van der Waals surface area contributed by atoms with Crippen LogP contribution in [0.2, 0.25) is 0 Å². The molecule has 0 aliphatic rings. The van der Waals surface area contributed by atoms with Crippen LogP contribution in [0, 0.1) is 13.8 Å². The van der Waals surface area contributed by atoms with E-state index in [1.165, 1.54) is 0 Å². The van der Waals surface area contributed by atoms with Gasteiger partial charge in [0.2, 0.25) is 5.88 Å². The lowest BCUT2D eigenvalue weighted by Gasteiger charge is -2.17. The number of pyridine rings is 1. The fourth-order valence-corrected chi connectivity index (χ4v) is 3.23. The van der Waals surface area contributed by atoms with Gasteiger partial charge in [-0.1, -0.05) is 18.2 Å². The van der Waals surface area contributed by atoms with Gasteiger partial charge in [0.25, 0.3) is 0 Å². The Kier molecular flexibility index (Phi) is 7.08. The number of aldehydes is 1. The van der Waals surface area contributed by atoms with Crippen molar-refractivity contribution in [2.24, 2.45) is 0 Å². The quantitative estimate of drug-likeness (QED) is 0.477. The van der Waals surface area contributed by atoms with Crippen molar-refractivity contribution in [3.63, 3.8) is 0 Å². The maximum absolute atomic E-state index is 10.8. The Morgan fingerprint density at radius 2 is 1.77 bits per heavy atom. The molecule has 0 atom stereocenters. The molecule has 162 valence electrons. The number of hydrogen-bond donors (Lipinski definition) is 1. The zero-order valence-corrected chi connectivity index (χ0v) is 18.5. The molecule has 1 N–H and O–H groups in total. The summed E-state index contributed by atoms with van der Waals surface area (Å²) in [5.41, 5.74) is 5.30. The summed E-state index contributed by atoms with van der Waals surface area (Å²) < 4.78 is 11.6. The highest BCUT2D eigenvalue weighted by atomic mass is 16.5. The van der Waals surface area contributed by atoms with Gasteiger partial charge in [0.15, 0.2) is 0 Å². The van der Waals surface area contributed by atoms with E-state index in [0.29, 0.717) is 31.1 Å². The van der Waals surface area contributed by atoms with Crippen molar-refractivity contribution in [1.29, 1.82) is 0 Å². The molecule has 1 heterocycles. The molecule has 2 aromatic carbocycles. The highest BCUT2D eigenvalue weighted by molar-refractivity contribution is 5.74. The van der Waals surface area contributed by atoms with Crippen molar-refractivity contribution in [2.45, 2.75) is 46.3 Å². The lowest BCUT2D eigenvalue weighted by molar-refractivity contribution is 0.0547. The van der Waals surface area contributed by atoms with Crippen molar-refractivity contribution < 1.29 is 19.4 Å². The number of benzene rings is 2. The molecule has 0 spiro atoms. The fourth-order valence-electron chi connectivity index (χ4n) is 3.23. The van der Waals surface area contributed by atoms with Gasteiger partial charge in [-0.25, -0.2) is 4.98 Å². The van der Waals surface area contributed by atoms with Gasteiger partial charge in [-0.05, 0) is 74.2 Å². The van der Waals surface area contributed by atoms with Crippen molar-refractivity contribution >= 4 is 6.29 Å². The van der Waals surface area contributed by atoms with Crippen LogP contribution in [0.15, 0.2) is 54.7 Å². The topological polar surface area (TPSA) is 68.7 Å². The molecule has 5 heteroatoms. The van der Waals surface area contributed by atoms with Crippen molar-refractivity contribution in [2.75, 3.05) is 6.61 Å². The minimum atomic E-state index is -0.759. The summed E-state index contributed by atoms with van der Waals surface area (Å²) in [6, 6.07) is 15.2. The summed E-state index contributed by atoms with van der Waals surface area (Å²) in [5.74, 6) is 1.28. The van der Waals surface area contributed by atoms with Gasteiger partial charge in [0, 0.05) is 29.8 Å². The third-order valence-electron chi connectivity index (χ3n) is 5.20. The van der Waals surface area contributed by atoms with Gasteiger partial charge in [0.1, 0.15) is 18.6 Å². The van der Waals surface area contributed by atoms with Crippen molar-refractivity contribution in [3.05, 3.63) is 77.0 Å². The maximum Gasteiger partial charge on any atom is 0.213 e. The van der Waals surface area contributed by atoms with Gasteiger partial charge in [-0.3, -0.25) is 4.79 Å². The van der Waals surface area contributed by atoms with Crippen LogP contribution in [-0.4, -0.2) is 28.6 Å². The summed E-state index contributed by atoms with van der Waals surface area (Å²) in [7, 11) is 0. The van der Waals surface area contributed by atoms with E-state index in [1.807, 2.05) is 25.3 Å². The summed E-state index contributed by atoms with van der Waals surface area (Å²) >= 11 is 0. The summed E-state index contributed by atoms with van der Waals surface area (Å²) in [4.78, 5) is 15.2. The Bertz CT molecular complexity index is 1040. The standard InChI is InChI=1S/C26H29NO4/c1-18-14-25(30-13-12-26(3,4)29)27-15-24(18)23-7-5-6-21(19(23)2)17-31-22-10-8-20(16-28)9-11-22/h5-11,14-16,29H,12-13,17H2,1-4H3. The molecule has 5 nitrogen and oxygen atoms in total. The maximum atomic E-state index is 10.8. The van der Waals surface area contributed by atoms with E-state index in [9.17, 15) is 9.90 Å². The van der Waals surface area contributed by atoms with Gasteiger partial charge in [-0.2, -0.15) is 0 Å². The first-order valence-corrected chi connectivity index (χ1v) is 10.4. The molecule has 31 heavy (non-hydrogen) atoms. The first-order chi connectivity index (χ1) is 14.8. The second kappa shape index (κ2) is 9.75. The third-order valence-corrected chi connectivity index (χ3v) is 5.20. The molecule has 0 saturated heterocycles. The lowest BCUT2D eigenvalue weighted by atomic mass is 9.95. The average Bonchev–Trinajstić information content (AvgIpc) is 2.73. The Morgan fingerprint density at radius 3 is 2.42 bits per heavy atom. The first kappa shape index (κ1) is 22.5. The normalized spacial score (nSPS) is 11.3. The molecule has 1 aromatic heterocycles.